The molecule has 0 fully saturated rings. The SMILES string of the molecule is CC(C)CCOCc1cccc(Oc2ccccc2)c1. The van der Waals surface area contributed by atoms with Crippen LogP contribution in [-0.4, -0.2) is 6.61 Å². The molecule has 0 aromatic heterocycles. The first-order valence-electron chi connectivity index (χ1n) is 7.13. The van der Waals surface area contributed by atoms with Crippen molar-refractivity contribution in [3.8, 4) is 11.5 Å². The molecule has 0 unspecified atom stereocenters. The molecule has 2 aromatic rings. The molecule has 0 amide bonds. The highest BCUT2D eigenvalue weighted by Gasteiger charge is 2.00. The molecule has 0 saturated carbocycles. The lowest BCUT2D eigenvalue weighted by Crippen LogP contribution is -1.99. The lowest BCUT2D eigenvalue weighted by Gasteiger charge is -2.09. The van der Waals surface area contributed by atoms with Gasteiger partial charge in [-0.15, -0.1) is 0 Å². The van der Waals surface area contributed by atoms with E-state index in [9.17, 15) is 0 Å². The number of hydrogen-bond donors (Lipinski definition) is 0. The van der Waals surface area contributed by atoms with Crippen LogP contribution in [0.3, 0.4) is 0 Å². The quantitative estimate of drug-likeness (QED) is 0.656. The Balaban J connectivity index is 1.88. The highest BCUT2D eigenvalue weighted by molar-refractivity contribution is 5.33. The molecule has 2 rings (SSSR count). The third kappa shape index (κ3) is 5.06. The van der Waals surface area contributed by atoms with Crippen LogP contribution in [0.1, 0.15) is 25.8 Å². The van der Waals surface area contributed by atoms with Gasteiger partial charge in [-0.05, 0) is 42.2 Å². The molecular formula is C18H22O2. The first kappa shape index (κ1) is 14.6. The van der Waals surface area contributed by atoms with Gasteiger partial charge in [0.2, 0.25) is 0 Å². The van der Waals surface area contributed by atoms with Gasteiger partial charge >= 0.3 is 0 Å². The van der Waals surface area contributed by atoms with Gasteiger partial charge in [0.25, 0.3) is 0 Å². The third-order valence-electron chi connectivity index (χ3n) is 2.99. The Morgan fingerprint density at radius 3 is 2.40 bits per heavy atom. The molecule has 0 heterocycles. The zero-order chi connectivity index (χ0) is 14.2. The summed E-state index contributed by atoms with van der Waals surface area (Å²) < 4.78 is 11.5. The molecule has 0 bridgehead atoms. The molecule has 0 aliphatic carbocycles. The molecule has 20 heavy (non-hydrogen) atoms. The normalized spacial score (nSPS) is 10.8. The summed E-state index contributed by atoms with van der Waals surface area (Å²) in [7, 11) is 0. The summed E-state index contributed by atoms with van der Waals surface area (Å²) in [6.07, 6.45) is 1.10. The van der Waals surface area contributed by atoms with E-state index in [4.69, 9.17) is 9.47 Å². The van der Waals surface area contributed by atoms with Gasteiger partial charge < -0.3 is 9.47 Å². The Morgan fingerprint density at radius 2 is 1.65 bits per heavy atom. The molecule has 0 N–H and O–H groups in total. The maximum absolute atomic E-state index is 5.81. The average Bonchev–Trinajstić information content (AvgIpc) is 2.45. The van der Waals surface area contributed by atoms with E-state index in [1.807, 2.05) is 48.5 Å². The summed E-state index contributed by atoms with van der Waals surface area (Å²) in [5.41, 5.74) is 1.14. The Kier molecular flexibility index (Phi) is 5.63. The molecule has 106 valence electrons. The van der Waals surface area contributed by atoms with Gasteiger partial charge in [-0.3, -0.25) is 0 Å². The lowest BCUT2D eigenvalue weighted by atomic mass is 10.1. The maximum atomic E-state index is 5.81. The van der Waals surface area contributed by atoms with E-state index in [1.165, 1.54) is 0 Å². The largest absolute Gasteiger partial charge is 0.457 e. The van der Waals surface area contributed by atoms with E-state index in [0.29, 0.717) is 12.5 Å². The summed E-state index contributed by atoms with van der Waals surface area (Å²) in [5.74, 6) is 2.38. The van der Waals surface area contributed by atoms with E-state index in [2.05, 4.69) is 19.9 Å². The predicted molar refractivity (Wildman–Crippen MR) is 82.1 cm³/mol. The standard InChI is InChI=1S/C18H22O2/c1-15(2)11-12-19-14-16-7-6-10-18(13-16)20-17-8-4-3-5-9-17/h3-10,13,15H,11-12,14H2,1-2H3. The van der Waals surface area contributed by atoms with E-state index in [1.54, 1.807) is 0 Å². The van der Waals surface area contributed by atoms with Crippen LogP contribution in [0.25, 0.3) is 0 Å². The van der Waals surface area contributed by atoms with Crippen molar-refractivity contribution in [1.29, 1.82) is 0 Å². The van der Waals surface area contributed by atoms with Crippen LogP contribution in [0.4, 0.5) is 0 Å². The zero-order valence-corrected chi connectivity index (χ0v) is 12.2. The summed E-state index contributed by atoms with van der Waals surface area (Å²) in [6, 6.07) is 17.9. The molecule has 0 spiro atoms. The molecule has 2 nitrogen and oxygen atoms in total. The predicted octanol–water partition coefficient (Wildman–Crippen LogP) is 5.04. The highest BCUT2D eigenvalue weighted by atomic mass is 16.5. The summed E-state index contributed by atoms with van der Waals surface area (Å²) >= 11 is 0. The van der Waals surface area contributed by atoms with Crippen LogP contribution in [0, 0.1) is 5.92 Å². The van der Waals surface area contributed by atoms with Crippen LogP contribution in [0.2, 0.25) is 0 Å². The monoisotopic (exact) mass is 270 g/mol. The third-order valence-corrected chi connectivity index (χ3v) is 2.99. The number of para-hydroxylation sites is 1. The minimum Gasteiger partial charge on any atom is -0.457 e. The molecule has 0 atom stereocenters. The summed E-state index contributed by atoms with van der Waals surface area (Å²) in [5, 5.41) is 0. The van der Waals surface area contributed by atoms with E-state index < -0.39 is 0 Å². The fourth-order valence-corrected chi connectivity index (χ4v) is 1.83. The Labute approximate surface area is 121 Å². The summed E-state index contributed by atoms with van der Waals surface area (Å²) in [6.45, 7) is 5.86. The molecule has 2 aromatic carbocycles. The van der Waals surface area contributed by atoms with Crippen LogP contribution in [-0.2, 0) is 11.3 Å². The van der Waals surface area contributed by atoms with Crippen LogP contribution < -0.4 is 4.74 Å². The molecule has 0 radical (unpaired) electrons. The number of ether oxygens (including phenoxy) is 2. The van der Waals surface area contributed by atoms with E-state index in [0.717, 1.165) is 30.1 Å². The first-order chi connectivity index (χ1) is 9.74. The van der Waals surface area contributed by atoms with Gasteiger partial charge in [0, 0.05) is 6.61 Å². The second kappa shape index (κ2) is 7.71. The highest BCUT2D eigenvalue weighted by Crippen LogP contribution is 2.22. The van der Waals surface area contributed by atoms with Gasteiger partial charge in [-0.25, -0.2) is 0 Å². The first-order valence-corrected chi connectivity index (χ1v) is 7.13. The smallest absolute Gasteiger partial charge is 0.127 e. The molecule has 0 aliphatic heterocycles. The molecule has 2 heteroatoms. The Bertz CT molecular complexity index is 506. The lowest BCUT2D eigenvalue weighted by molar-refractivity contribution is 0.110. The van der Waals surface area contributed by atoms with Crippen molar-refractivity contribution in [3.05, 3.63) is 60.2 Å². The van der Waals surface area contributed by atoms with Crippen molar-refractivity contribution in [3.63, 3.8) is 0 Å². The van der Waals surface area contributed by atoms with Gasteiger partial charge in [0.1, 0.15) is 11.5 Å². The minimum absolute atomic E-state index is 0.638. The second-order valence-electron chi connectivity index (χ2n) is 5.30. The number of benzene rings is 2. The molecule has 0 saturated heterocycles. The average molecular weight is 270 g/mol. The fraction of sp³-hybridized carbons (Fsp3) is 0.333. The van der Waals surface area contributed by atoms with Crippen LogP contribution in [0.5, 0.6) is 11.5 Å². The van der Waals surface area contributed by atoms with Gasteiger partial charge in [0.15, 0.2) is 0 Å². The molecule has 0 aliphatic rings. The van der Waals surface area contributed by atoms with Crippen LogP contribution >= 0.6 is 0 Å². The zero-order valence-electron chi connectivity index (χ0n) is 12.2. The van der Waals surface area contributed by atoms with Crippen molar-refractivity contribution in [1.82, 2.24) is 0 Å². The van der Waals surface area contributed by atoms with Gasteiger partial charge in [-0.2, -0.15) is 0 Å². The number of hydrogen-bond acceptors (Lipinski definition) is 2. The van der Waals surface area contributed by atoms with Crippen molar-refractivity contribution >= 4 is 0 Å². The maximum Gasteiger partial charge on any atom is 0.127 e. The summed E-state index contributed by atoms with van der Waals surface area (Å²) in [4.78, 5) is 0. The van der Waals surface area contributed by atoms with Crippen molar-refractivity contribution in [2.75, 3.05) is 6.61 Å². The van der Waals surface area contributed by atoms with Crippen molar-refractivity contribution in [2.24, 2.45) is 5.92 Å². The second-order valence-corrected chi connectivity index (χ2v) is 5.30. The van der Waals surface area contributed by atoms with Gasteiger partial charge in [-0.1, -0.05) is 44.2 Å². The van der Waals surface area contributed by atoms with Crippen molar-refractivity contribution in [2.45, 2.75) is 26.9 Å². The van der Waals surface area contributed by atoms with E-state index >= 15 is 0 Å². The number of rotatable bonds is 7. The van der Waals surface area contributed by atoms with Crippen LogP contribution in [0.15, 0.2) is 54.6 Å². The van der Waals surface area contributed by atoms with Crippen molar-refractivity contribution < 1.29 is 9.47 Å². The fourth-order valence-electron chi connectivity index (χ4n) is 1.83. The van der Waals surface area contributed by atoms with E-state index in [-0.39, 0.29) is 0 Å². The molecular weight excluding hydrogens is 248 g/mol. The topological polar surface area (TPSA) is 18.5 Å². The Hall–Kier alpha value is -1.80. The van der Waals surface area contributed by atoms with Gasteiger partial charge in [0.05, 0.1) is 6.61 Å². The minimum atomic E-state index is 0.638. The Morgan fingerprint density at radius 1 is 0.900 bits per heavy atom.